The quantitative estimate of drug-likeness (QED) is 0.299. The Hall–Kier alpha value is -3.28. The molecule has 1 amide bonds. The summed E-state index contributed by atoms with van der Waals surface area (Å²) in [6.45, 7) is 4.22. The molecule has 5 rings (SSSR count). The van der Waals surface area contributed by atoms with Crippen LogP contribution in [0.25, 0.3) is 10.8 Å². The first-order chi connectivity index (χ1) is 17.5. The monoisotopic (exact) mass is 497 g/mol. The molecule has 184 valence electrons. The summed E-state index contributed by atoms with van der Waals surface area (Å²) in [4.78, 5) is 15.6. The van der Waals surface area contributed by atoms with Gasteiger partial charge in [0.1, 0.15) is 11.5 Å². The number of ether oxygens (including phenoxy) is 1. The second kappa shape index (κ2) is 10.00. The lowest BCUT2D eigenvalue weighted by Crippen LogP contribution is -2.51. The van der Waals surface area contributed by atoms with Gasteiger partial charge in [0.15, 0.2) is 5.60 Å². The summed E-state index contributed by atoms with van der Waals surface area (Å²) in [5.41, 5.74) is 1.63. The number of nitrogens with zero attached hydrogens (tertiary/aromatic N) is 1. The Labute approximate surface area is 216 Å². The summed E-state index contributed by atoms with van der Waals surface area (Å²) >= 11 is 1.47. The van der Waals surface area contributed by atoms with E-state index >= 15 is 0 Å². The fraction of sp³-hybridized carbons (Fsp3) is 0.258. The van der Waals surface area contributed by atoms with E-state index in [1.165, 1.54) is 11.8 Å². The number of carbonyl (C=O) groups excluding carboxylic acids is 1. The molecule has 0 bridgehead atoms. The van der Waals surface area contributed by atoms with Gasteiger partial charge in [-0.3, -0.25) is 4.90 Å². The van der Waals surface area contributed by atoms with Crippen LogP contribution < -0.4 is 0 Å². The molecule has 0 aliphatic carbocycles. The molecule has 1 aliphatic heterocycles. The molecular formula is C31H31NO3S. The molecule has 1 saturated heterocycles. The molecular weight excluding hydrogens is 466 g/mol. The molecule has 3 atom stereocenters. The van der Waals surface area contributed by atoms with Crippen LogP contribution >= 0.6 is 11.8 Å². The Morgan fingerprint density at radius 1 is 0.833 bits per heavy atom. The fourth-order valence-corrected chi connectivity index (χ4v) is 6.42. The molecule has 0 aromatic heterocycles. The zero-order chi connectivity index (χ0) is 25.3. The molecule has 1 aliphatic rings. The zero-order valence-electron chi connectivity index (χ0n) is 20.7. The minimum absolute atomic E-state index is 0.0512. The summed E-state index contributed by atoms with van der Waals surface area (Å²) in [7, 11) is 0. The first-order valence-electron chi connectivity index (χ1n) is 12.3. The maximum Gasteiger partial charge on any atom is 0.412 e. The average molecular weight is 498 g/mol. The van der Waals surface area contributed by atoms with Gasteiger partial charge < -0.3 is 9.84 Å². The van der Waals surface area contributed by atoms with Crippen LogP contribution in [0, 0.1) is 5.92 Å². The molecule has 5 heteroatoms. The van der Waals surface area contributed by atoms with Crippen molar-refractivity contribution in [1.82, 2.24) is 4.90 Å². The molecule has 0 spiro atoms. The van der Waals surface area contributed by atoms with Crippen LogP contribution in [-0.2, 0) is 10.3 Å². The summed E-state index contributed by atoms with van der Waals surface area (Å²) < 4.78 is 6.41. The van der Waals surface area contributed by atoms with Crippen LogP contribution in [-0.4, -0.2) is 33.8 Å². The maximum atomic E-state index is 13.8. The van der Waals surface area contributed by atoms with Crippen molar-refractivity contribution >= 4 is 28.6 Å². The van der Waals surface area contributed by atoms with Gasteiger partial charge in [0.05, 0.1) is 6.04 Å². The van der Waals surface area contributed by atoms with Crippen molar-refractivity contribution in [2.75, 3.05) is 6.26 Å². The highest BCUT2D eigenvalue weighted by atomic mass is 32.2. The number of aliphatic hydroxyl groups excluding tert-OH is 1. The van der Waals surface area contributed by atoms with E-state index in [0.29, 0.717) is 0 Å². The number of hydrogen-bond acceptors (Lipinski definition) is 4. The van der Waals surface area contributed by atoms with Crippen LogP contribution in [0.2, 0.25) is 0 Å². The van der Waals surface area contributed by atoms with Gasteiger partial charge in [0.2, 0.25) is 0 Å². The van der Waals surface area contributed by atoms with Crippen LogP contribution in [0.4, 0.5) is 4.79 Å². The second-order valence-electron chi connectivity index (χ2n) is 9.61. The number of carbonyl (C=O) groups is 1. The summed E-state index contributed by atoms with van der Waals surface area (Å²) in [5.74, 6) is 0.0512. The Bertz CT molecular complexity index is 1300. The number of cyclic esters (lactones) is 1. The molecule has 1 heterocycles. The molecule has 0 unspecified atom stereocenters. The zero-order valence-corrected chi connectivity index (χ0v) is 21.6. The van der Waals surface area contributed by atoms with Crippen molar-refractivity contribution in [3.8, 4) is 0 Å². The van der Waals surface area contributed by atoms with E-state index in [1.807, 2.05) is 103 Å². The predicted molar refractivity (Wildman–Crippen MR) is 147 cm³/mol. The summed E-state index contributed by atoms with van der Waals surface area (Å²) in [6, 6.07) is 33.7. The van der Waals surface area contributed by atoms with Gasteiger partial charge in [-0.05, 0) is 34.6 Å². The van der Waals surface area contributed by atoms with Crippen molar-refractivity contribution in [1.29, 1.82) is 0 Å². The third kappa shape index (κ3) is 4.06. The Morgan fingerprint density at radius 2 is 1.39 bits per heavy atom. The highest BCUT2D eigenvalue weighted by molar-refractivity contribution is 7.99. The van der Waals surface area contributed by atoms with Crippen LogP contribution in [0.15, 0.2) is 103 Å². The molecule has 4 aromatic rings. The highest BCUT2D eigenvalue weighted by Gasteiger charge is 2.59. The van der Waals surface area contributed by atoms with E-state index in [2.05, 4.69) is 19.9 Å². The van der Waals surface area contributed by atoms with Crippen LogP contribution in [0.5, 0.6) is 0 Å². The van der Waals surface area contributed by atoms with Gasteiger partial charge in [-0.25, -0.2) is 4.79 Å². The SMILES string of the molecule is CS[C@@H]([C@H](O)c1ccc2ccccc2c1)N1C(=O)OC(c2ccccc2)(c2ccccc2)[C@@H]1C(C)C. The first kappa shape index (κ1) is 24.4. The minimum Gasteiger partial charge on any atom is -0.431 e. The van der Waals surface area contributed by atoms with Crippen molar-refractivity contribution in [3.05, 3.63) is 120 Å². The Morgan fingerprint density at radius 3 is 1.94 bits per heavy atom. The van der Waals surface area contributed by atoms with Gasteiger partial charge in [-0.2, -0.15) is 0 Å². The molecule has 36 heavy (non-hydrogen) atoms. The van der Waals surface area contributed by atoms with Gasteiger partial charge in [-0.15, -0.1) is 11.8 Å². The highest BCUT2D eigenvalue weighted by Crippen LogP contribution is 2.50. The van der Waals surface area contributed by atoms with Gasteiger partial charge in [0.25, 0.3) is 0 Å². The maximum absolute atomic E-state index is 13.8. The van der Waals surface area contributed by atoms with Crippen LogP contribution in [0.3, 0.4) is 0 Å². The number of rotatable bonds is 7. The van der Waals surface area contributed by atoms with Crippen LogP contribution in [0.1, 0.15) is 36.6 Å². The second-order valence-corrected chi connectivity index (χ2v) is 10.6. The van der Waals surface area contributed by atoms with E-state index in [4.69, 9.17) is 4.74 Å². The van der Waals surface area contributed by atoms with E-state index in [9.17, 15) is 9.90 Å². The summed E-state index contributed by atoms with van der Waals surface area (Å²) in [5, 5.41) is 13.3. The first-order valence-corrected chi connectivity index (χ1v) is 13.6. The van der Waals surface area contributed by atoms with E-state index in [1.54, 1.807) is 4.90 Å². The largest absolute Gasteiger partial charge is 0.431 e. The average Bonchev–Trinajstić information content (AvgIpc) is 3.23. The molecule has 0 radical (unpaired) electrons. The van der Waals surface area contributed by atoms with Crippen molar-refractivity contribution in [2.24, 2.45) is 5.92 Å². The smallest absolute Gasteiger partial charge is 0.412 e. The van der Waals surface area contributed by atoms with Gasteiger partial charge in [0, 0.05) is 11.1 Å². The molecule has 0 saturated carbocycles. The Balaban J connectivity index is 1.63. The predicted octanol–water partition coefficient (Wildman–Crippen LogP) is 6.98. The van der Waals surface area contributed by atoms with Gasteiger partial charge in [-0.1, -0.05) is 111 Å². The lowest BCUT2D eigenvalue weighted by molar-refractivity contribution is 0.0479. The van der Waals surface area contributed by atoms with Crippen molar-refractivity contribution in [2.45, 2.75) is 37.0 Å². The van der Waals surface area contributed by atoms with E-state index < -0.39 is 23.2 Å². The molecule has 4 aromatic carbocycles. The lowest BCUT2D eigenvalue weighted by Gasteiger charge is -2.41. The number of amides is 1. The lowest BCUT2D eigenvalue weighted by atomic mass is 9.75. The number of fused-ring (bicyclic) bond motifs is 1. The third-order valence-corrected chi connectivity index (χ3v) is 8.08. The standard InChI is InChI=1S/C31H31NO3S/c1-21(2)28-31(25-14-6-4-7-15-25,26-16-8-5-9-17-26)35-30(34)32(28)29(36-3)27(33)24-19-18-22-12-10-11-13-23(22)20-24/h4-21,27-29,33H,1-3H3/t27-,28+,29+/m1/s1. The molecule has 1 N–H and O–H groups in total. The third-order valence-electron chi connectivity index (χ3n) is 7.11. The van der Waals surface area contributed by atoms with Crippen molar-refractivity contribution in [3.63, 3.8) is 0 Å². The number of thioether (sulfide) groups is 1. The fourth-order valence-electron chi connectivity index (χ4n) is 5.56. The number of benzene rings is 4. The normalized spacial score (nSPS) is 18.9. The number of hydrogen-bond donors (Lipinski definition) is 1. The Kier molecular flexibility index (Phi) is 6.78. The van der Waals surface area contributed by atoms with E-state index in [-0.39, 0.29) is 12.0 Å². The number of aliphatic hydroxyl groups is 1. The van der Waals surface area contributed by atoms with E-state index in [0.717, 1.165) is 27.5 Å². The van der Waals surface area contributed by atoms with Crippen molar-refractivity contribution < 1.29 is 14.6 Å². The topological polar surface area (TPSA) is 49.8 Å². The minimum atomic E-state index is -0.995. The molecule has 4 nitrogen and oxygen atoms in total. The summed E-state index contributed by atoms with van der Waals surface area (Å²) in [6.07, 6.45) is 0.631. The van der Waals surface area contributed by atoms with Gasteiger partial charge >= 0.3 is 6.09 Å². The molecule has 1 fully saturated rings.